The highest BCUT2D eigenvalue weighted by atomic mass is 79.9. The Labute approximate surface area is 285 Å². The van der Waals surface area contributed by atoms with Crippen LogP contribution in [0.4, 0.5) is 0 Å². The monoisotopic (exact) mass is 688 g/mol. The van der Waals surface area contributed by atoms with Gasteiger partial charge >= 0.3 is 0 Å². The van der Waals surface area contributed by atoms with Crippen LogP contribution in [0.3, 0.4) is 0 Å². The number of ether oxygens (including phenoxy) is 1. The number of primary amides is 1. The molecule has 3 aromatic rings. The number of rotatable bonds is 16. The number of unbranched alkanes of at least 4 members (excludes halogenated alkanes) is 4. The Kier molecular flexibility index (Phi) is 12.7. The van der Waals surface area contributed by atoms with E-state index in [0.717, 1.165) is 67.0 Å². The summed E-state index contributed by atoms with van der Waals surface area (Å²) in [5, 5.41) is 0. The summed E-state index contributed by atoms with van der Waals surface area (Å²) in [5.74, 6) is 0.900. The summed E-state index contributed by atoms with van der Waals surface area (Å²) >= 11 is 3.61. The summed E-state index contributed by atoms with van der Waals surface area (Å²) in [6.45, 7) is 7.44. The molecule has 2 N–H and O–H groups in total. The zero-order valence-corrected chi connectivity index (χ0v) is 29.5. The maximum absolute atomic E-state index is 13.3. The lowest BCUT2D eigenvalue weighted by atomic mass is 9.64. The van der Waals surface area contributed by atoms with Gasteiger partial charge in [0.15, 0.2) is 0 Å². The van der Waals surface area contributed by atoms with Gasteiger partial charge in [-0.2, -0.15) is 0 Å². The van der Waals surface area contributed by atoms with Gasteiger partial charge in [-0.15, -0.1) is 0 Å². The lowest BCUT2D eigenvalue weighted by molar-refractivity contribution is -0.123. The van der Waals surface area contributed by atoms with Crippen molar-refractivity contribution < 1.29 is 9.53 Å². The topological polar surface area (TPSA) is 62.0 Å². The number of benzene rings is 3. The van der Waals surface area contributed by atoms with E-state index in [4.69, 9.17) is 10.5 Å². The van der Waals surface area contributed by atoms with Crippen LogP contribution in [0.1, 0.15) is 68.1 Å². The molecule has 0 aliphatic carbocycles. The molecule has 5 rings (SSSR count). The van der Waals surface area contributed by atoms with E-state index in [0.29, 0.717) is 6.04 Å². The molecule has 3 aromatic carbocycles. The lowest BCUT2D eigenvalue weighted by Gasteiger charge is -2.37. The zero-order chi connectivity index (χ0) is 32.4. The number of carbonyl (C=O) groups is 1. The average Bonchev–Trinajstić information content (AvgIpc) is 3.55. The maximum atomic E-state index is 13.3. The number of likely N-dealkylation sites (tertiary alicyclic amines) is 2. The minimum Gasteiger partial charge on any atom is -0.496 e. The fourth-order valence-electron chi connectivity index (χ4n) is 7.95. The van der Waals surface area contributed by atoms with Gasteiger partial charge in [0, 0.05) is 29.2 Å². The Hall–Kier alpha value is -2.71. The van der Waals surface area contributed by atoms with Crippen LogP contribution in [0.15, 0.2) is 83.3 Å². The molecule has 1 atom stereocenters. The molecule has 2 fully saturated rings. The van der Waals surface area contributed by atoms with Crippen molar-refractivity contribution >= 4 is 21.8 Å². The normalized spacial score (nSPS) is 18.3. The fraction of sp³-hybridized carbons (Fsp3) is 0.513. The molecule has 2 aliphatic rings. The van der Waals surface area contributed by atoms with Crippen molar-refractivity contribution in [1.29, 1.82) is 0 Å². The molecule has 0 saturated carbocycles. The molecule has 248 valence electrons. The molecular formula is C39H53BrN4O2. The van der Waals surface area contributed by atoms with E-state index in [1.807, 2.05) is 42.5 Å². The summed E-state index contributed by atoms with van der Waals surface area (Å²) in [7, 11) is 4.07. The molecule has 46 heavy (non-hydrogen) atoms. The van der Waals surface area contributed by atoms with Gasteiger partial charge in [0.1, 0.15) is 11.2 Å². The minimum atomic E-state index is -0.799. The van der Waals surface area contributed by atoms with Gasteiger partial charge in [-0.3, -0.25) is 9.69 Å². The second kappa shape index (κ2) is 16.9. The van der Waals surface area contributed by atoms with E-state index in [9.17, 15) is 4.79 Å². The first-order valence-electron chi connectivity index (χ1n) is 17.3. The first-order chi connectivity index (χ1) is 22.4. The van der Waals surface area contributed by atoms with Crippen molar-refractivity contribution in [2.75, 3.05) is 53.4 Å². The van der Waals surface area contributed by atoms with Crippen molar-refractivity contribution in [2.45, 2.75) is 69.4 Å². The highest BCUT2D eigenvalue weighted by molar-refractivity contribution is 9.10. The number of piperidine rings is 1. The molecule has 0 unspecified atom stereocenters. The Morgan fingerprint density at radius 1 is 0.870 bits per heavy atom. The lowest BCUT2D eigenvalue weighted by Crippen LogP contribution is -2.49. The summed E-state index contributed by atoms with van der Waals surface area (Å²) in [4.78, 5) is 21.1. The van der Waals surface area contributed by atoms with Crippen LogP contribution in [0, 0.1) is 5.92 Å². The quantitative estimate of drug-likeness (QED) is 0.163. The summed E-state index contributed by atoms with van der Waals surface area (Å²) in [6.07, 6.45) is 9.77. The second-order valence-electron chi connectivity index (χ2n) is 13.4. The second-order valence-corrected chi connectivity index (χ2v) is 14.3. The van der Waals surface area contributed by atoms with Gasteiger partial charge < -0.3 is 20.3 Å². The molecule has 1 amide bonds. The third-order valence-electron chi connectivity index (χ3n) is 10.5. The summed E-state index contributed by atoms with van der Waals surface area (Å²) in [6, 6.07) is 27.4. The van der Waals surface area contributed by atoms with E-state index in [1.54, 1.807) is 7.11 Å². The van der Waals surface area contributed by atoms with Crippen molar-refractivity contribution in [3.8, 4) is 5.75 Å². The van der Waals surface area contributed by atoms with Gasteiger partial charge in [0.2, 0.25) is 5.91 Å². The average molecular weight is 690 g/mol. The number of amides is 1. The van der Waals surface area contributed by atoms with Crippen molar-refractivity contribution in [3.63, 3.8) is 0 Å². The van der Waals surface area contributed by atoms with Crippen LogP contribution in [0.25, 0.3) is 0 Å². The highest BCUT2D eigenvalue weighted by Gasteiger charge is 2.49. The van der Waals surface area contributed by atoms with Crippen LogP contribution in [-0.4, -0.2) is 80.1 Å². The molecule has 6 nitrogen and oxygen atoms in total. The van der Waals surface area contributed by atoms with Crippen LogP contribution in [0.2, 0.25) is 0 Å². The molecule has 0 radical (unpaired) electrons. The van der Waals surface area contributed by atoms with Gasteiger partial charge in [0.25, 0.3) is 0 Å². The van der Waals surface area contributed by atoms with Gasteiger partial charge in [-0.05, 0) is 107 Å². The first-order valence-corrected chi connectivity index (χ1v) is 18.1. The SMILES string of the molecule is COc1ccc(Br)cc1CN1CCC(N(C)CCCCCCCN2CC[C@@H](C(C(N)=O)(c3ccccc3)c3ccccc3)C2)CC1. The smallest absolute Gasteiger partial charge is 0.232 e. The molecule has 0 bridgehead atoms. The van der Waals surface area contributed by atoms with Gasteiger partial charge in [-0.25, -0.2) is 0 Å². The number of carbonyl (C=O) groups excluding carboxylic acids is 1. The Morgan fingerprint density at radius 3 is 2.11 bits per heavy atom. The van der Waals surface area contributed by atoms with Crippen LogP contribution in [-0.2, 0) is 16.8 Å². The fourth-order valence-corrected chi connectivity index (χ4v) is 8.36. The largest absolute Gasteiger partial charge is 0.496 e. The Balaban J connectivity index is 1.000. The third-order valence-corrected chi connectivity index (χ3v) is 11.0. The molecule has 0 spiro atoms. The number of methoxy groups -OCH3 is 1. The predicted octanol–water partition coefficient (Wildman–Crippen LogP) is 7.10. The van der Waals surface area contributed by atoms with Crippen molar-refractivity contribution in [1.82, 2.24) is 14.7 Å². The van der Waals surface area contributed by atoms with E-state index in [2.05, 4.69) is 74.1 Å². The van der Waals surface area contributed by atoms with Crippen LogP contribution >= 0.6 is 15.9 Å². The number of hydrogen-bond donors (Lipinski definition) is 1. The maximum Gasteiger partial charge on any atom is 0.232 e. The van der Waals surface area contributed by atoms with E-state index >= 15 is 0 Å². The van der Waals surface area contributed by atoms with Gasteiger partial charge in [-0.1, -0.05) is 95.9 Å². The number of nitrogens with zero attached hydrogens (tertiary/aromatic N) is 3. The summed E-state index contributed by atoms with van der Waals surface area (Å²) < 4.78 is 6.70. The van der Waals surface area contributed by atoms with E-state index in [1.165, 1.54) is 57.1 Å². The molecule has 0 aromatic heterocycles. The predicted molar refractivity (Wildman–Crippen MR) is 192 cm³/mol. The van der Waals surface area contributed by atoms with Crippen LogP contribution in [0.5, 0.6) is 5.75 Å². The van der Waals surface area contributed by atoms with Crippen molar-refractivity contribution in [3.05, 3.63) is 100 Å². The number of hydrogen-bond acceptors (Lipinski definition) is 5. The van der Waals surface area contributed by atoms with Crippen LogP contribution < -0.4 is 10.5 Å². The summed E-state index contributed by atoms with van der Waals surface area (Å²) in [5.41, 5.74) is 8.76. The molecular weight excluding hydrogens is 636 g/mol. The third kappa shape index (κ3) is 8.41. The van der Waals surface area contributed by atoms with Gasteiger partial charge in [0.05, 0.1) is 7.11 Å². The molecule has 2 saturated heterocycles. The first kappa shape index (κ1) is 34.6. The van der Waals surface area contributed by atoms with Crippen molar-refractivity contribution in [2.24, 2.45) is 11.7 Å². The molecule has 7 heteroatoms. The standard InChI is InChI=1S/C39H53BrN4O2/c1-42(36-21-26-44(27-22-36)29-31-28-35(40)18-19-37(31)46-2)23-12-4-3-5-13-24-43-25-20-34(30-43)39(38(41)45,32-14-8-6-9-15-32)33-16-10-7-11-17-33/h6-11,14-19,28,34,36H,3-5,12-13,20-27,29-30H2,1-2H3,(H2,41,45)/t34-/m1/s1. The molecule has 2 heterocycles. The minimum absolute atomic E-state index is 0.167. The zero-order valence-electron chi connectivity index (χ0n) is 27.9. The highest BCUT2D eigenvalue weighted by Crippen LogP contribution is 2.43. The van der Waals surface area contributed by atoms with E-state index in [-0.39, 0.29) is 11.8 Å². The van der Waals surface area contributed by atoms with E-state index < -0.39 is 5.41 Å². The number of nitrogens with two attached hydrogens (primary N) is 1. The Morgan fingerprint density at radius 2 is 1.48 bits per heavy atom. The number of halogens is 1. The Bertz CT molecular complexity index is 1320. The molecule has 2 aliphatic heterocycles.